The molecular weight excluding hydrogens is 248 g/mol. The third kappa shape index (κ3) is 10.3. The summed E-state index contributed by atoms with van der Waals surface area (Å²) in [7, 11) is 0. The van der Waals surface area contributed by atoms with Crippen molar-refractivity contribution in [2.45, 2.75) is 92.6 Å². The number of hydrogen-bond donors (Lipinski definition) is 0. The standard InChI is InChI=1S/C18H36O2/c1-7-8-10-14(2)13-15(3)11-9-12-16(4)17(5)20-18(6)19/h14-17H,7-13H2,1-6H3/t14-,15+,16-,17-/m0/s1. The van der Waals surface area contributed by atoms with Crippen molar-refractivity contribution in [1.82, 2.24) is 0 Å². The monoisotopic (exact) mass is 284 g/mol. The average molecular weight is 284 g/mol. The second kappa shape index (κ2) is 11.2. The Morgan fingerprint density at radius 2 is 1.50 bits per heavy atom. The van der Waals surface area contributed by atoms with Crippen molar-refractivity contribution in [2.75, 3.05) is 0 Å². The molecule has 0 heterocycles. The Morgan fingerprint density at radius 1 is 0.950 bits per heavy atom. The van der Waals surface area contributed by atoms with Gasteiger partial charge < -0.3 is 4.74 Å². The molecule has 0 aromatic heterocycles. The molecule has 0 spiro atoms. The molecule has 0 radical (unpaired) electrons. The maximum absolute atomic E-state index is 10.9. The molecule has 0 N–H and O–H groups in total. The van der Waals surface area contributed by atoms with Gasteiger partial charge in [0, 0.05) is 6.92 Å². The van der Waals surface area contributed by atoms with Crippen LogP contribution in [0.3, 0.4) is 0 Å². The molecule has 0 bridgehead atoms. The summed E-state index contributed by atoms with van der Waals surface area (Å²) in [6.07, 6.45) is 9.15. The van der Waals surface area contributed by atoms with Gasteiger partial charge in [0.15, 0.2) is 0 Å². The van der Waals surface area contributed by atoms with Gasteiger partial charge >= 0.3 is 5.97 Å². The first-order valence-corrected chi connectivity index (χ1v) is 8.54. The molecule has 0 saturated carbocycles. The van der Waals surface area contributed by atoms with Crippen molar-refractivity contribution in [3.8, 4) is 0 Å². The Kier molecular flexibility index (Phi) is 10.9. The Balaban J connectivity index is 3.74. The summed E-state index contributed by atoms with van der Waals surface area (Å²) in [5.74, 6) is 1.98. The summed E-state index contributed by atoms with van der Waals surface area (Å²) in [6, 6.07) is 0. The summed E-state index contributed by atoms with van der Waals surface area (Å²) in [6.45, 7) is 12.7. The van der Waals surface area contributed by atoms with Crippen LogP contribution in [0.4, 0.5) is 0 Å². The first-order chi connectivity index (χ1) is 9.36. The van der Waals surface area contributed by atoms with E-state index in [0.717, 1.165) is 18.3 Å². The molecule has 0 unspecified atom stereocenters. The molecule has 4 atom stereocenters. The summed E-state index contributed by atoms with van der Waals surface area (Å²) in [5, 5.41) is 0. The summed E-state index contributed by atoms with van der Waals surface area (Å²) in [4.78, 5) is 10.9. The Labute approximate surface area is 126 Å². The van der Waals surface area contributed by atoms with E-state index in [2.05, 4.69) is 27.7 Å². The molecule has 2 nitrogen and oxygen atoms in total. The fourth-order valence-corrected chi connectivity index (χ4v) is 2.88. The lowest BCUT2D eigenvalue weighted by Crippen LogP contribution is -2.20. The van der Waals surface area contributed by atoms with Gasteiger partial charge in [-0.2, -0.15) is 0 Å². The maximum atomic E-state index is 10.9. The van der Waals surface area contributed by atoms with Gasteiger partial charge in [0.2, 0.25) is 0 Å². The highest BCUT2D eigenvalue weighted by atomic mass is 16.5. The summed E-state index contributed by atoms with van der Waals surface area (Å²) < 4.78 is 5.24. The lowest BCUT2D eigenvalue weighted by molar-refractivity contribution is -0.147. The van der Waals surface area contributed by atoms with Crippen LogP contribution in [0.15, 0.2) is 0 Å². The lowest BCUT2D eigenvalue weighted by Gasteiger charge is -2.21. The van der Waals surface area contributed by atoms with Crippen molar-refractivity contribution < 1.29 is 9.53 Å². The zero-order chi connectivity index (χ0) is 15.5. The van der Waals surface area contributed by atoms with Crippen LogP contribution in [0.5, 0.6) is 0 Å². The number of unbranched alkanes of at least 4 members (excludes halogenated alkanes) is 1. The molecular formula is C18H36O2. The predicted octanol–water partition coefficient (Wildman–Crippen LogP) is 5.60. The summed E-state index contributed by atoms with van der Waals surface area (Å²) in [5.41, 5.74) is 0. The van der Waals surface area contributed by atoms with Gasteiger partial charge in [-0.05, 0) is 37.5 Å². The van der Waals surface area contributed by atoms with Gasteiger partial charge in [0.1, 0.15) is 6.10 Å². The van der Waals surface area contributed by atoms with Gasteiger partial charge in [-0.3, -0.25) is 4.79 Å². The molecule has 0 saturated heterocycles. The van der Waals surface area contributed by atoms with Crippen LogP contribution in [0.25, 0.3) is 0 Å². The topological polar surface area (TPSA) is 26.3 Å². The molecule has 0 aliphatic carbocycles. The quantitative estimate of drug-likeness (QED) is 0.462. The first-order valence-electron chi connectivity index (χ1n) is 8.54. The highest BCUT2D eigenvalue weighted by Crippen LogP contribution is 2.23. The van der Waals surface area contributed by atoms with Gasteiger partial charge in [-0.25, -0.2) is 0 Å². The van der Waals surface area contributed by atoms with E-state index in [-0.39, 0.29) is 12.1 Å². The van der Waals surface area contributed by atoms with Gasteiger partial charge in [0.05, 0.1) is 0 Å². The predicted molar refractivity (Wildman–Crippen MR) is 86.7 cm³/mol. The molecule has 20 heavy (non-hydrogen) atoms. The molecule has 0 aliphatic rings. The number of carbonyl (C=O) groups excluding carboxylic acids is 1. The van der Waals surface area contributed by atoms with Gasteiger partial charge in [-0.1, -0.05) is 59.8 Å². The minimum atomic E-state index is -0.164. The molecule has 0 aromatic rings. The van der Waals surface area contributed by atoms with Crippen molar-refractivity contribution in [3.63, 3.8) is 0 Å². The van der Waals surface area contributed by atoms with Crippen LogP contribution >= 0.6 is 0 Å². The van der Waals surface area contributed by atoms with E-state index in [1.165, 1.54) is 45.4 Å². The Hall–Kier alpha value is -0.530. The Morgan fingerprint density at radius 3 is 2.00 bits per heavy atom. The van der Waals surface area contributed by atoms with Crippen LogP contribution in [0.2, 0.25) is 0 Å². The molecule has 2 heteroatoms. The van der Waals surface area contributed by atoms with Crippen LogP contribution in [-0.4, -0.2) is 12.1 Å². The van der Waals surface area contributed by atoms with E-state index >= 15 is 0 Å². The van der Waals surface area contributed by atoms with Crippen LogP contribution < -0.4 is 0 Å². The third-order valence-corrected chi connectivity index (χ3v) is 4.36. The number of esters is 1. The zero-order valence-corrected chi connectivity index (χ0v) is 14.6. The van der Waals surface area contributed by atoms with Gasteiger partial charge in [0.25, 0.3) is 0 Å². The third-order valence-electron chi connectivity index (χ3n) is 4.36. The second-order valence-corrected chi connectivity index (χ2v) is 6.81. The molecule has 120 valence electrons. The van der Waals surface area contributed by atoms with E-state index in [1.54, 1.807) is 0 Å². The smallest absolute Gasteiger partial charge is 0.302 e. The minimum Gasteiger partial charge on any atom is -0.463 e. The van der Waals surface area contributed by atoms with Crippen molar-refractivity contribution in [3.05, 3.63) is 0 Å². The number of rotatable bonds is 11. The molecule has 0 rings (SSSR count). The number of hydrogen-bond acceptors (Lipinski definition) is 2. The highest BCUT2D eigenvalue weighted by Gasteiger charge is 2.15. The van der Waals surface area contributed by atoms with Crippen LogP contribution in [0.1, 0.15) is 86.5 Å². The van der Waals surface area contributed by atoms with Crippen molar-refractivity contribution in [1.29, 1.82) is 0 Å². The Bertz CT molecular complexity index is 250. The van der Waals surface area contributed by atoms with E-state index < -0.39 is 0 Å². The molecule has 0 fully saturated rings. The first kappa shape index (κ1) is 19.5. The van der Waals surface area contributed by atoms with E-state index in [0.29, 0.717) is 5.92 Å². The largest absolute Gasteiger partial charge is 0.463 e. The number of carbonyl (C=O) groups is 1. The van der Waals surface area contributed by atoms with E-state index in [1.807, 2.05) is 6.92 Å². The molecule has 0 amide bonds. The summed E-state index contributed by atoms with van der Waals surface area (Å²) >= 11 is 0. The average Bonchev–Trinajstić information content (AvgIpc) is 2.35. The SMILES string of the molecule is CCCC[C@H](C)C[C@H](C)CCC[C@H](C)[C@H](C)OC(C)=O. The minimum absolute atomic E-state index is 0.0475. The highest BCUT2D eigenvalue weighted by molar-refractivity contribution is 5.66. The zero-order valence-electron chi connectivity index (χ0n) is 14.6. The maximum Gasteiger partial charge on any atom is 0.302 e. The lowest BCUT2D eigenvalue weighted by atomic mass is 9.88. The van der Waals surface area contributed by atoms with E-state index in [9.17, 15) is 4.79 Å². The fourth-order valence-electron chi connectivity index (χ4n) is 2.88. The van der Waals surface area contributed by atoms with Crippen LogP contribution in [0, 0.1) is 17.8 Å². The number of ether oxygens (including phenoxy) is 1. The second-order valence-electron chi connectivity index (χ2n) is 6.81. The van der Waals surface area contributed by atoms with Crippen molar-refractivity contribution in [2.24, 2.45) is 17.8 Å². The van der Waals surface area contributed by atoms with E-state index in [4.69, 9.17) is 4.74 Å². The molecule has 0 aromatic carbocycles. The molecule has 0 aliphatic heterocycles. The van der Waals surface area contributed by atoms with Crippen molar-refractivity contribution >= 4 is 5.97 Å². The normalized spacial score (nSPS) is 17.3. The van der Waals surface area contributed by atoms with Gasteiger partial charge in [-0.15, -0.1) is 0 Å². The fraction of sp³-hybridized carbons (Fsp3) is 0.944. The van der Waals surface area contributed by atoms with Crippen LogP contribution in [-0.2, 0) is 9.53 Å².